The molecular weight excluding hydrogens is 254 g/mol. The van der Waals surface area contributed by atoms with E-state index in [-0.39, 0.29) is 5.97 Å². The summed E-state index contributed by atoms with van der Waals surface area (Å²) in [6.45, 7) is 1.99. The average molecular weight is 267 g/mol. The Hall–Kier alpha value is -1.20. The molecule has 0 aliphatic carbocycles. The molecule has 0 fully saturated rings. The molecule has 0 unspecified atom stereocenters. The molecule has 0 aliphatic heterocycles. The van der Waals surface area contributed by atoms with Crippen molar-refractivity contribution in [3.05, 3.63) is 28.1 Å². The Balaban J connectivity index is 2.11. The van der Waals surface area contributed by atoms with E-state index in [1.807, 2.05) is 18.4 Å². The third-order valence-electron chi connectivity index (χ3n) is 2.41. The minimum Gasteiger partial charge on any atom is -0.469 e. The maximum absolute atomic E-state index is 11.1. The van der Waals surface area contributed by atoms with Gasteiger partial charge in [0.25, 0.3) is 0 Å². The number of hydrogen-bond donors (Lipinski definition) is 0. The van der Waals surface area contributed by atoms with Crippen molar-refractivity contribution in [2.75, 3.05) is 7.11 Å². The molecule has 0 atom stereocenters. The van der Waals surface area contributed by atoms with Crippen LogP contribution in [-0.4, -0.2) is 18.1 Å². The van der Waals surface area contributed by atoms with Gasteiger partial charge in [-0.15, -0.1) is 22.7 Å². The van der Waals surface area contributed by atoms with Crippen molar-refractivity contribution in [1.82, 2.24) is 4.98 Å². The van der Waals surface area contributed by atoms with Crippen molar-refractivity contribution < 1.29 is 9.53 Å². The van der Waals surface area contributed by atoms with E-state index < -0.39 is 0 Å². The monoisotopic (exact) mass is 267 g/mol. The second-order valence-corrected chi connectivity index (χ2v) is 5.61. The van der Waals surface area contributed by atoms with Gasteiger partial charge in [0.2, 0.25) is 0 Å². The summed E-state index contributed by atoms with van der Waals surface area (Å²) in [7, 11) is 1.42. The number of esters is 1. The largest absolute Gasteiger partial charge is 0.469 e. The van der Waals surface area contributed by atoms with Crippen LogP contribution in [0.2, 0.25) is 0 Å². The van der Waals surface area contributed by atoms with Gasteiger partial charge in [0.1, 0.15) is 5.01 Å². The van der Waals surface area contributed by atoms with Crippen LogP contribution in [-0.2, 0) is 16.0 Å². The van der Waals surface area contributed by atoms with E-state index in [9.17, 15) is 4.79 Å². The fourth-order valence-electron chi connectivity index (χ4n) is 1.48. The van der Waals surface area contributed by atoms with Crippen molar-refractivity contribution >= 4 is 28.6 Å². The first-order valence-corrected chi connectivity index (χ1v) is 6.97. The van der Waals surface area contributed by atoms with E-state index in [1.54, 1.807) is 22.7 Å². The summed E-state index contributed by atoms with van der Waals surface area (Å²) >= 11 is 3.34. The highest BCUT2D eigenvalue weighted by atomic mass is 32.1. The fraction of sp³-hybridized carbons (Fsp3) is 0.333. The molecule has 2 heterocycles. The standard InChI is InChI=1S/C12H13NO2S2/c1-8-9(5-6-11(14)15-2)17-12(13-8)10-4-3-7-16-10/h3-4,7H,5-6H2,1-2H3. The van der Waals surface area contributed by atoms with Gasteiger partial charge in [-0.2, -0.15) is 0 Å². The molecule has 0 aromatic carbocycles. The highest BCUT2D eigenvalue weighted by molar-refractivity contribution is 7.21. The third kappa shape index (κ3) is 2.92. The Morgan fingerprint density at radius 2 is 2.35 bits per heavy atom. The molecule has 3 nitrogen and oxygen atoms in total. The van der Waals surface area contributed by atoms with E-state index in [2.05, 4.69) is 15.8 Å². The number of thiophene rings is 1. The molecule has 0 aliphatic rings. The number of carbonyl (C=O) groups excluding carboxylic acids is 1. The molecule has 5 heteroatoms. The number of ether oxygens (including phenoxy) is 1. The van der Waals surface area contributed by atoms with Gasteiger partial charge in [-0.05, 0) is 24.8 Å². The second-order valence-electron chi connectivity index (χ2n) is 3.58. The zero-order valence-corrected chi connectivity index (χ0v) is 11.4. The molecular formula is C12H13NO2S2. The molecule has 0 saturated heterocycles. The number of thiazole rings is 1. The highest BCUT2D eigenvalue weighted by Crippen LogP contribution is 2.31. The van der Waals surface area contributed by atoms with Crippen LogP contribution >= 0.6 is 22.7 Å². The van der Waals surface area contributed by atoms with Crippen LogP contribution < -0.4 is 0 Å². The number of aromatic nitrogens is 1. The quantitative estimate of drug-likeness (QED) is 0.798. The number of carbonyl (C=O) groups is 1. The first-order chi connectivity index (χ1) is 8.20. The maximum Gasteiger partial charge on any atom is 0.305 e. The van der Waals surface area contributed by atoms with E-state index in [0.29, 0.717) is 12.8 Å². The van der Waals surface area contributed by atoms with Gasteiger partial charge in [-0.1, -0.05) is 6.07 Å². The molecule has 0 radical (unpaired) electrons. The van der Waals surface area contributed by atoms with E-state index in [1.165, 1.54) is 16.9 Å². The zero-order valence-electron chi connectivity index (χ0n) is 9.73. The molecule has 0 spiro atoms. The Morgan fingerprint density at radius 3 is 3.00 bits per heavy atom. The Morgan fingerprint density at radius 1 is 1.53 bits per heavy atom. The zero-order chi connectivity index (χ0) is 12.3. The van der Waals surface area contributed by atoms with Crippen LogP contribution in [0.3, 0.4) is 0 Å². The van der Waals surface area contributed by atoms with Crippen LogP contribution in [0, 0.1) is 6.92 Å². The number of methoxy groups -OCH3 is 1. The maximum atomic E-state index is 11.1. The minimum absolute atomic E-state index is 0.171. The topological polar surface area (TPSA) is 39.2 Å². The number of rotatable bonds is 4. The number of nitrogens with zero attached hydrogens (tertiary/aromatic N) is 1. The molecule has 0 saturated carbocycles. The predicted molar refractivity (Wildman–Crippen MR) is 70.5 cm³/mol. The lowest BCUT2D eigenvalue weighted by molar-refractivity contribution is -0.140. The average Bonchev–Trinajstić information content (AvgIpc) is 2.95. The molecule has 0 N–H and O–H groups in total. The second kappa shape index (κ2) is 5.42. The van der Waals surface area contributed by atoms with Gasteiger partial charge >= 0.3 is 5.97 Å². The normalized spacial score (nSPS) is 10.5. The van der Waals surface area contributed by atoms with E-state index in [0.717, 1.165) is 10.7 Å². The fourth-order valence-corrected chi connectivity index (χ4v) is 3.34. The molecule has 17 heavy (non-hydrogen) atoms. The highest BCUT2D eigenvalue weighted by Gasteiger charge is 2.11. The van der Waals surface area contributed by atoms with Crippen LogP contribution in [0.5, 0.6) is 0 Å². The first kappa shape index (κ1) is 12.3. The summed E-state index contributed by atoms with van der Waals surface area (Å²) in [5, 5.41) is 3.08. The van der Waals surface area contributed by atoms with Gasteiger partial charge in [0, 0.05) is 4.88 Å². The molecule has 2 aromatic heterocycles. The Bertz CT molecular complexity index is 503. The number of aryl methyl sites for hydroxylation is 2. The van der Waals surface area contributed by atoms with Crippen molar-refractivity contribution in [3.8, 4) is 9.88 Å². The lowest BCUT2D eigenvalue weighted by Crippen LogP contribution is -2.01. The van der Waals surface area contributed by atoms with E-state index >= 15 is 0 Å². The van der Waals surface area contributed by atoms with Crippen LogP contribution in [0.4, 0.5) is 0 Å². The Kier molecular flexibility index (Phi) is 3.91. The van der Waals surface area contributed by atoms with E-state index in [4.69, 9.17) is 0 Å². The summed E-state index contributed by atoms with van der Waals surface area (Å²) in [5.41, 5.74) is 1.02. The lowest BCUT2D eigenvalue weighted by atomic mass is 10.2. The predicted octanol–water partition coefficient (Wildman–Crippen LogP) is 3.29. The summed E-state index contributed by atoms with van der Waals surface area (Å²) in [6, 6.07) is 4.08. The van der Waals surface area contributed by atoms with Crippen molar-refractivity contribution in [2.24, 2.45) is 0 Å². The smallest absolute Gasteiger partial charge is 0.305 e. The first-order valence-electron chi connectivity index (χ1n) is 5.27. The molecule has 0 bridgehead atoms. The van der Waals surface area contributed by atoms with Crippen molar-refractivity contribution in [3.63, 3.8) is 0 Å². The van der Waals surface area contributed by atoms with Crippen LogP contribution in [0.15, 0.2) is 17.5 Å². The summed E-state index contributed by atoms with van der Waals surface area (Å²) in [6.07, 6.45) is 1.13. The van der Waals surface area contributed by atoms with Gasteiger partial charge in [-0.25, -0.2) is 4.98 Å². The lowest BCUT2D eigenvalue weighted by Gasteiger charge is -1.97. The molecule has 2 aromatic rings. The van der Waals surface area contributed by atoms with Crippen LogP contribution in [0.25, 0.3) is 9.88 Å². The summed E-state index contributed by atoms with van der Waals surface area (Å²) in [5.74, 6) is -0.171. The van der Waals surface area contributed by atoms with Gasteiger partial charge in [0.15, 0.2) is 0 Å². The van der Waals surface area contributed by atoms with Gasteiger partial charge in [0.05, 0.1) is 24.1 Å². The summed E-state index contributed by atoms with van der Waals surface area (Å²) in [4.78, 5) is 18.0. The van der Waals surface area contributed by atoms with Crippen molar-refractivity contribution in [2.45, 2.75) is 19.8 Å². The molecule has 2 rings (SSSR count). The number of hydrogen-bond acceptors (Lipinski definition) is 5. The SMILES string of the molecule is COC(=O)CCc1sc(-c2cccs2)nc1C. The third-order valence-corrected chi connectivity index (χ3v) is 4.66. The van der Waals surface area contributed by atoms with Crippen molar-refractivity contribution in [1.29, 1.82) is 0 Å². The molecule has 90 valence electrons. The summed E-state index contributed by atoms with van der Waals surface area (Å²) < 4.78 is 4.64. The van der Waals surface area contributed by atoms with Gasteiger partial charge in [-0.3, -0.25) is 4.79 Å². The Labute approximate surface area is 108 Å². The van der Waals surface area contributed by atoms with Crippen LogP contribution in [0.1, 0.15) is 17.0 Å². The molecule has 0 amide bonds. The minimum atomic E-state index is -0.171. The van der Waals surface area contributed by atoms with Gasteiger partial charge < -0.3 is 4.74 Å².